The zero-order valence-electron chi connectivity index (χ0n) is 10.9. The van der Waals surface area contributed by atoms with Gasteiger partial charge in [0.15, 0.2) is 0 Å². The molecule has 0 heterocycles. The number of nitrogens with two attached hydrogens (primary N) is 1. The lowest BCUT2D eigenvalue weighted by atomic mass is 10.1. The summed E-state index contributed by atoms with van der Waals surface area (Å²) in [6.07, 6.45) is 0.196. The monoisotopic (exact) mass is 266 g/mol. The van der Waals surface area contributed by atoms with Gasteiger partial charge in [-0.1, -0.05) is 24.3 Å². The smallest absolute Gasteiger partial charge is 0.310 e. The van der Waals surface area contributed by atoms with Crippen molar-refractivity contribution < 1.29 is 9.53 Å². The molecule has 0 aromatic heterocycles. The van der Waals surface area contributed by atoms with Crippen LogP contribution in [0, 0.1) is 11.3 Å². The summed E-state index contributed by atoms with van der Waals surface area (Å²) in [6.45, 7) is 0.201. The Hall–Kier alpha value is -2.80. The minimum atomic E-state index is -0.306. The maximum absolute atomic E-state index is 11.7. The molecule has 0 unspecified atom stereocenters. The summed E-state index contributed by atoms with van der Waals surface area (Å²) in [5.74, 6) is -0.306. The van der Waals surface area contributed by atoms with Gasteiger partial charge >= 0.3 is 5.97 Å². The fourth-order valence-corrected chi connectivity index (χ4v) is 1.76. The van der Waals surface area contributed by atoms with Crippen molar-refractivity contribution in [1.29, 1.82) is 5.26 Å². The number of ether oxygens (including phenoxy) is 1. The Morgan fingerprint density at radius 3 is 2.55 bits per heavy atom. The van der Waals surface area contributed by atoms with E-state index in [-0.39, 0.29) is 19.0 Å². The number of nitriles is 1. The molecule has 0 fully saturated rings. The fraction of sp³-hybridized carbons (Fsp3) is 0.125. The summed E-state index contributed by atoms with van der Waals surface area (Å²) in [4.78, 5) is 11.7. The van der Waals surface area contributed by atoms with E-state index >= 15 is 0 Å². The number of hydrogen-bond donors (Lipinski definition) is 1. The van der Waals surface area contributed by atoms with E-state index in [2.05, 4.69) is 0 Å². The summed E-state index contributed by atoms with van der Waals surface area (Å²) < 4.78 is 5.18. The highest BCUT2D eigenvalue weighted by molar-refractivity contribution is 5.73. The molecule has 4 heteroatoms. The fourth-order valence-electron chi connectivity index (χ4n) is 1.76. The minimum Gasteiger partial charge on any atom is -0.461 e. The largest absolute Gasteiger partial charge is 0.461 e. The summed E-state index contributed by atoms with van der Waals surface area (Å²) in [5.41, 5.74) is 8.54. The summed E-state index contributed by atoms with van der Waals surface area (Å²) >= 11 is 0. The number of carbonyl (C=O) groups is 1. The molecule has 0 aliphatic heterocycles. The van der Waals surface area contributed by atoms with Crippen molar-refractivity contribution in [2.24, 2.45) is 0 Å². The first-order valence-electron chi connectivity index (χ1n) is 6.16. The molecule has 4 nitrogen and oxygen atoms in total. The first-order chi connectivity index (χ1) is 9.67. The van der Waals surface area contributed by atoms with Crippen LogP contribution in [0.25, 0.3) is 0 Å². The molecule has 0 aliphatic rings. The zero-order chi connectivity index (χ0) is 14.4. The third kappa shape index (κ3) is 3.85. The quantitative estimate of drug-likeness (QED) is 0.681. The topological polar surface area (TPSA) is 76.1 Å². The van der Waals surface area contributed by atoms with Gasteiger partial charge in [0, 0.05) is 5.69 Å². The molecular formula is C16H14N2O2. The highest BCUT2D eigenvalue weighted by atomic mass is 16.5. The van der Waals surface area contributed by atoms with Crippen molar-refractivity contribution in [3.8, 4) is 6.07 Å². The van der Waals surface area contributed by atoms with Crippen LogP contribution in [0.1, 0.15) is 16.7 Å². The van der Waals surface area contributed by atoms with E-state index in [1.165, 1.54) is 0 Å². The first-order valence-corrected chi connectivity index (χ1v) is 6.16. The second-order valence-corrected chi connectivity index (χ2v) is 4.39. The third-order valence-electron chi connectivity index (χ3n) is 2.78. The van der Waals surface area contributed by atoms with E-state index < -0.39 is 0 Å². The molecule has 0 spiro atoms. The molecule has 0 atom stereocenters. The lowest BCUT2D eigenvalue weighted by Crippen LogP contribution is -2.08. The van der Waals surface area contributed by atoms with E-state index in [9.17, 15) is 4.79 Å². The number of carbonyl (C=O) groups excluding carboxylic acids is 1. The molecular weight excluding hydrogens is 252 g/mol. The van der Waals surface area contributed by atoms with E-state index in [0.717, 1.165) is 11.1 Å². The Kier molecular flexibility index (Phi) is 4.35. The van der Waals surface area contributed by atoms with Gasteiger partial charge in [0.25, 0.3) is 0 Å². The highest BCUT2D eigenvalue weighted by Crippen LogP contribution is 2.09. The predicted octanol–water partition coefficient (Wildman–Crippen LogP) is 2.43. The van der Waals surface area contributed by atoms with E-state index in [4.69, 9.17) is 15.7 Å². The molecule has 2 aromatic carbocycles. The average Bonchev–Trinajstić information content (AvgIpc) is 2.46. The SMILES string of the molecule is N#Cc1ccc(COC(=O)Cc2cccc(N)c2)cc1. The molecule has 0 amide bonds. The summed E-state index contributed by atoms with van der Waals surface area (Å²) in [7, 11) is 0. The van der Waals surface area contributed by atoms with Crippen LogP contribution >= 0.6 is 0 Å². The van der Waals surface area contributed by atoms with Gasteiger partial charge in [-0.05, 0) is 35.4 Å². The number of benzene rings is 2. The Balaban J connectivity index is 1.87. The van der Waals surface area contributed by atoms with Crippen LogP contribution in [0.15, 0.2) is 48.5 Å². The Morgan fingerprint density at radius 2 is 1.90 bits per heavy atom. The molecule has 2 N–H and O–H groups in total. The van der Waals surface area contributed by atoms with Crippen LogP contribution in [-0.4, -0.2) is 5.97 Å². The van der Waals surface area contributed by atoms with Gasteiger partial charge in [-0.2, -0.15) is 5.26 Å². The van der Waals surface area contributed by atoms with Crippen LogP contribution in [0.4, 0.5) is 5.69 Å². The average molecular weight is 266 g/mol. The van der Waals surface area contributed by atoms with Crippen LogP contribution in [0.5, 0.6) is 0 Å². The molecule has 0 bridgehead atoms. The highest BCUT2D eigenvalue weighted by Gasteiger charge is 2.05. The zero-order valence-corrected chi connectivity index (χ0v) is 10.9. The second-order valence-electron chi connectivity index (χ2n) is 4.39. The molecule has 0 saturated heterocycles. The number of anilines is 1. The van der Waals surface area contributed by atoms with Gasteiger partial charge in [-0.3, -0.25) is 4.79 Å². The van der Waals surface area contributed by atoms with Crippen molar-refractivity contribution >= 4 is 11.7 Å². The van der Waals surface area contributed by atoms with Crippen molar-refractivity contribution in [2.75, 3.05) is 5.73 Å². The van der Waals surface area contributed by atoms with Gasteiger partial charge < -0.3 is 10.5 Å². The third-order valence-corrected chi connectivity index (χ3v) is 2.78. The Morgan fingerprint density at radius 1 is 1.15 bits per heavy atom. The number of nitrogen functional groups attached to an aromatic ring is 1. The number of esters is 1. The van der Waals surface area contributed by atoms with Crippen molar-refractivity contribution in [3.63, 3.8) is 0 Å². The number of hydrogen-bond acceptors (Lipinski definition) is 4. The normalized spacial score (nSPS) is 9.75. The van der Waals surface area contributed by atoms with E-state index in [0.29, 0.717) is 11.3 Å². The van der Waals surface area contributed by atoms with Gasteiger partial charge in [0.2, 0.25) is 0 Å². The number of rotatable bonds is 4. The maximum atomic E-state index is 11.7. The minimum absolute atomic E-state index is 0.196. The van der Waals surface area contributed by atoms with Crippen LogP contribution in [-0.2, 0) is 22.6 Å². The molecule has 100 valence electrons. The van der Waals surface area contributed by atoms with E-state index in [1.807, 2.05) is 12.1 Å². The summed E-state index contributed by atoms with van der Waals surface area (Å²) in [5, 5.41) is 8.69. The van der Waals surface area contributed by atoms with Crippen molar-refractivity contribution in [1.82, 2.24) is 0 Å². The summed E-state index contributed by atoms with van der Waals surface area (Å²) in [6, 6.07) is 16.1. The Labute approximate surface area is 117 Å². The van der Waals surface area contributed by atoms with Gasteiger partial charge in [-0.25, -0.2) is 0 Å². The maximum Gasteiger partial charge on any atom is 0.310 e. The van der Waals surface area contributed by atoms with Crippen molar-refractivity contribution in [2.45, 2.75) is 13.0 Å². The van der Waals surface area contributed by atoms with Crippen LogP contribution in [0.2, 0.25) is 0 Å². The van der Waals surface area contributed by atoms with Crippen LogP contribution < -0.4 is 5.73 Å². The van der Waals surface area contributed by atoms with Gasteiger partial charge in [0.1, 0.15) is 6.61 Å². The Bertz CT molecular complexity index is 642. The van der Waals surface area contributed by atoms with Gasteiger partial charge in [0.05, 0.1) is 18.1 Å². The number of nitrogens with zero attached hydrogens (tertiary/aromatic N) is 1. The molecule has 20 heavy (non-hydrogen) atoms. The standard InChI is InChI=1S/C16H14N2O2/c17-10-12-4-6-13(7-5-12)11-20-16(19)9-14-2-1-3-15(18)8-14/h1-8H,9,11,18H2. The first kappa shape index (κ1) is 13.6. The van der Waals surface area contributed by atoms with Crippen LogP contribution in [0.3, 0.4) is 0 Å². The molecule has 0 aliphatic carbocycles. The molecule has 2 aromatic rings. The molecule has 0 saturated carbocycles. The lowest BCUT2D eigenvalue weighted by Gasteiger charge is -2.05. The van der Waals surface area contributed by atoms with E-state index in [1.54, 1.807) is 42.5 Å². The second kappa shape index (κ2) is 6.39. The molecule has 2 rings (SSSR count). The van der Waals surface area contributed by atoms with Gasteiger partial charge in [-0.15, -0.1) is 0 Å². The predicted molar refractivity (Wildman–Crippen MR) is 75.5 cm³/mol. The van der Waals surface area contributed by atoms with Crippen molar-refractivity contribution in [3.05, 3.63) is 65.2 Å². The molecule has 0 radical (unpaired) electrons. The lowest BCUT2D eigenvalue weighted by molar-refractivity contribution is -0.144.